The van der Waals surface area contributed by atoms with Gasteiger partial charge in [-0.1, -0.05) is 19.0 Å². The van der Waals surface area contributed by atoms with Gasteiger partial charge in [0.15, 0.2) is 5.76 Å². The van der Waals surface area contributed by atoms with Crippen molar-refractivity contribution in [1.29, 1.82) is 0 Å². The van der Waals surface area contributed by atoms with Crippen molar-refractivity contribution < 1.29 is 4.52 Å². The molecule has 0 bridgehead atoms. The maximum absolute atomic E-state index is 5.23. The molecule has 0 atom stereocenters. The predicted octanol–water partition coefficient (Wildman–Crippen LogP) is 1.42. The summed E-state index contributed by atoms with van der Waals surface area (Å²) < 4.78 is 7.18. The van der Waals surface area contributed by atoms with Gasteiger partial charge in [0.25, 0.3) is 0 Å². The lowest BCUT2D eigenvalue weighted by atomic mass is 10.3. The van der Waals surface area contributed by atoms with Crippen molar-refractivity contribution in [2.75, 3.05) is 0 Å². The molecule has 2 rings (SSSR count). The van der Waals surface area contributed by atoms with Crippen LogP contribution in [0.3, 0.4) is 0 Å². The summed E-state index contributed by atoms with van der Waals surface area (Å²) in [5, 5.41) is 7.29. The molecule has 2 aromatic heterocycles. The SMILES string of the molecule is CC(C)NCc1cc(Cn2ccnc2)on1. The van der Waals surface area contributed by atoms with Gasteiger partial charge < -0.3 is 14.4 Å². The average molecular weight is 220 g/mol. The van der Waals surface area contributed by atoms with Crippen LogP contribution in [0, 0.1) is 0 Å². The van der Waals surface area contributed by atoms with Crippen LogP contribution in [0.4, 0.5) is 0 Å². The van der Waals surface area contributed by atoms with Crippen molar-refractivity contribution in [3.63, 3.8) is 0 Å². The van der Waals surface area contributed by atoms with Gasteiger partial charge in [-0.15, -0.1) is 0 Å². The van der Waals surface area contributed by atoms with E-state index in [1.807, 2.05) is 16.8 Å². The second kappa shape index (κ2) is 4.94. The fourth-order valence-corrected chi connectivity index (χ4v) is 1.38. The predicted molar refractivity (Wildman–Crippen MR) is 59.8 cm³/mol. The highest BCUT2D eigenvalue weighted by atomic mass is 16.5. The van der Waals surface area contributed by atoms with Crippen molar-refractivity contribution in [2.45, 2.75) is 33.0 Å². The Morgan fingerprint density at radius 3 is 3.06 bits per heavy atom. The van der Waals surface area contributed by atoms with E-state index >= 15 is 0 Å². The normalized spacial score (nSPS) is 11.2. The first kappa shape index (κ1) is 10.9. The van der Waals surface area contributed by atoms with Gasteiger partial charge >= 0.3 is 0 Å². The fourth-order valence-electron chi connectivity index (χ4n) is 1.38. The number of hydrogen-bond donors (Lipinski definition) is 1. The molecule has 2 heterocycles. The summed E-state index contributed by atoms with van der Waals surface area (Å²) in [5.74, 6) is 0.846. The van der Waals surface area contributed by atoms with Gasteiger partial charge in [-0.2, -0.15) is 0 Å². The highest BCUT2D eigenvalue weighted by Crippen LogP contribution is 2.05. The van der Waals surface area contributed by atoms with Gasteiger partial charge in [0.05, 0.1) is 18.6 Å². The van der Waals surface area contributed by atoms with Crippen LogP contribution in [0.5, 0.6) is 0 Å². The summed E-state index contributed by atoms with van der Waals surface area (Å²) in [6, 6.07) is 2.42. The van der Waals surface area contributed by atoms with Crippen molar-refractivity contribution in [3.05, 3.63) is 36.2 Å². The Morgan fingerprint density at radius 1 is 1.50 bits per heavy atom. The third kappa shape index (κ3) is 2.93. The Hall–Kier alpha value is -1.62. The van der Waals surface area contributed by atoms with E-state index in [-0.39, 0.29) is 0 Å². The smallest absolute Gasteiger partial charge is 0.156 e. The molecular formula is C11H16N4O. The van der Waals surface area contributed by atoms with Crippen LogP contribution in [0.2, 0.25) is 0 Å². The maximum atomic E-state index is 5.23. The molecule has 0 saturated heterocycles. The van der Waals surface area contributed by atoms with Crippen LogP contribution in [-0.2, 0) is 13.1 Å². The first-order valence-corrected chi connectivity index (χ1v) is 5.37. The Bertz CT molecular complexity index is 419. The van der Waals surface area contributed by atoms with Crippen molar-refractivity contribution in [1.82, 2.24) is 20.0 Å². The summed E-state index contributed by atoms with van der Waals surface area (Å²) in [6.45, 7) is 5.62. The molecule has 0 amide bonds. The number of rotatable bonds is 5. The Morgan fingerprint density at radius 2 is 2.38 bits per heavy atom. The van der Waals surface area contributed by atoms with Crippen LogP contribution in [0.1, 0.15) is 25.3 Å². The number of nitrogens with zero attached hydrogens (tertiary/aromatic N) is 3. The minimum Gasteiger partial charge on any atom is -0.359 e. The van der Waals surface area contributed by atoms with Crippen LogP contribution in [-0.4, -0.2) is 20.7 Å². The van der Waals surface area contributed by atoms with E-state index in [2.05, 4.69) is 29.3 Å². The molecule has 0 unspecified atom stereocenters. The molecule has 0 aliphatic heterocycles. The maximum Gasteiger partial charge on any atom is 0.156 e. The summed E-state index contributed by atoms with van der Waals surface area (Å²) in [7, 11) is 0. The Kier molecular flexibility index (Phi) is 3.36. The van der Waals surface area contributed by atoms with E-state index in [1.165, 1.54) is 0 Å². The van der Waals surface area contributed by atoms with Gasteiger partial charge in [0.1, 0.15) is 0 Å². The van der Waals surface area contributed by atoms with E-state index in [0.29, 0.717) is 12.6 Å². The van der Waals surface area contributed by atoms with Gasteiger partial charge in [0.2, 0.25) is 0 Å². The molecule has 0 aliphatic carbocycles. The zero-order valence-corrected chi connectivity index (χ0v) is 9.55. The quantitative estimate of drug-likeness (QED) is 0.828. The third-order valence-electron chi connectivity index (χ3n) is 2.20. The highest BCUT2D eigenvalue weighted by Gasteiger charge is 2.04. The molecule has 0 saturated carbocycles. The lowest BCUT2D eigenvalue weighted by Crippen LogP contribution is -2.21. The van der Waals surface area contributed by atoms with Gasteiger partial charge in [0, 0.05) is 31.0 Å². The van der Waals surface area contributed by atoms with Gasteiger partial charge in [-0.05, 0) is 0 Å². The molecule has 0 aliphatic rings. The average Bonchev–Trinajstić information content (AvgIpc) is 2.87. The van der Waals surface area contributed by atoms with Crippen LogP contribution < -0.4 is 5.32 Å². The third-order valence-corrected chi connectivity index (χ3v) is 2.20. The van der Waals surface area contributed by atoms with Gasteiger partial charge in [-0.25, -0.2) is 4.98 Å². The van der Waals surface area contributed by atoms with Crippen molar-refractivity contribution in [3.8, 4) is 0 Å². The first-order chi connectivity index (χ1) is 7.74. The number of imidazole rings is 1. The molecule has 0 spiro atoms. The molecule has 0 radical (unpaired) electrons. The number of nitrogens with one attached hydrogen (secondary N) is 1. The van der Waals surface area contributed by atoms with E-state index < -0.39 is 0 Å². The second-order valence-corrected chi connectivity index (χ2v) is 4.06. The van der Waals surface area contributed by atoms with Gasteiger partial charge in [-0.3, -0.25) is 0 Å². The minimum atomic E-state index is 0.453. The standard InChI is InChI=1S/C11H16N4O/c1-9(2)13-6-10-5-11(16-14-10)7-15-4-3-12-8-15/h3-5,8-9,13H,6-7H2,1-2H3. The van der Waals surface area contributed by atoms with Crippen LogP contribution in [0.25, 0.3) is 0 Å². The molecule has 0 fully saturated rings. The monoisotopic (exact) mass is 220 g/mol. The molecule has 1 N–H and O–H groups in total. The van der Waals surface area contributed by atoms with Crippen LogP contribution >= 0.6 is 0 Å². The van der Waals surface area contributed by atoms with Crippen LogP contribution in [0.15, 0.2) is 29.3 Å². The zero-order valence-electron chi connectivity index (χ0n) is 9.55. The molecule has 5 heteroatoms. The second-order valence-electron chi connectivity index (χ2n) is 4.06. The van der Waals surface area contributed by atoms with E-state index in [4.69, 9.17) is 4.52 Å². The first-order valence-electron chi connectivity index (χ1n) is 5.37. The number of hydrogen-bond acceptors (Lipinski definition) is 4. The topological polar surface area (TPSA) is 55.9 Å². The van der Waals surface area contributed by atoms with E-state index in [0.717, 1.165) is 18.0 Å². The zero-order chi connectivity index (χ0) is 11.4. The van der Waals surface area contributed by atoms with Crippen molar-refractivity contribution >= 4 is 0 Å². The lowest BCUT2D eigenvalue weighted by molar-refractivity contribution is 0.368. The minimum absolute atomic E-state index is 0.453. The lowest BCUT2D eigenvalue weighted by Gasteiger charge is -2.03. The summed E-state index contributed by atoms with van der Waals surface area (Å²) >= 11 is 0. The molecule has 0 aromatic carbocycles. The summed E-state index contributed by atoms with van der Waals surface area (Å²) in [4.78, 5) is 3.97. The molecule has 5 nitrogen and oxygen atoms in total. The number of aromatic nitrogens is 3. The Labute approximate surface area is 94.5 Å². The summed E-state index contributed by atoms with van der Waals surface area (Å²) in [6.07, 6.45) is 5.40. The molecule has 16 heavy (non-hydrogen) atoms. The largest absolute Gasteiger partial charge is 0.359 e. The molecule has 86 valence electrons. The Balaban J connectivity index is 1.92. The van der Waals surface area contributed by atoms with E-state index in [1.54, 1.807) is 12.5 Å². The fraction of sp³-hybridized carbons (Fsp3) is 0.455. The van der Waals surface area contributed by atoms with E-state index in [9.17, 15) is 0 Å². The molecular weight excluding hydrogens is 204 g/mol. The molecule has 2 aromatic rings. The summed E-state index contributed by atoms with van der Waals surface area (Å²) in [5.41, 5.74) is 0.934. The van der Waals surface area contributed by atoms with Crippen molar-refractivity contribution in [2.24, 2.45) is 0 Å². The highest BCUT2D eigenvalue weighted by molar-refractivity contribution is 5.05.